The van der Waals surface area contributed by atoms with Gasteiger partial charge in [0.2, 0.25) is 0 Å². The molecule has 0 spiro atoms. The molecule has 90 valence electrons. The van der Waals surface area contributed by atoms with Crippen LogP contribution in [0.2, 0.25) is 0 Å². The van der Waals surface area contributed by atoms with Crippen LogP contribution in [0.4, 0.5) is 4.39 Å². The largest absolute Gasteiger partial charge is 0.388 e. The van der Waals surface area contributed by atoms with Gasteiger partial charge >= 0.3 is 0 Å². The minimum atomic E-state index is -0.471. The van der Waals surface area contributed by atoms with Crippen molar-refractivity contribution in [3.05, 3.63) is 35.1 Å². The molecule has 0 aliphatic heterocycles. The average molecular weight is 224 g/mol. The molecule has 0 aliphatic carbocycles. The Balaban J connectivity index is 2.65. The van der Waals surface area contributed by atoms with E-state index in [0.717, 1.165) is 24.8 Å². The van der Waals surface area contributed by atoms with Crippen molar-refractivity contribution >= 4 is 0 Å². The van der Waals surface area contributed by atoms with Crippen LogP contribution in [0.15, 0.2) is 18.2 Å². The van der Waals surface area contributed by atoms with Gasteiger partial charge in [-0.2, -0.15) is 0 Å². The lowest BCUT2D eigenvalue weighted by Crippen LogP contribution is -2.05. The van der Waals surface area contributed by atoms with Crippen LogP contribution in [0, 0.1) is 18.7 Å². The van der Waals surface area contributed by atoms with Crippen LogP contribution in [0.25, 0.3) is 0 Å². The molecule has 1 N–H and O–H groups in total. The molecule has 0 fully saturated rings. The molecule has 0 saturated carbocycles. The van der Waals surface area contributed by atoms with Crippen LogP contribution in [0.5, 0.6) is 0 Å². The minimum Gasteiger partial charge on any atom is -0.388 e. The van der Waals surface area contributed by atoms with Crippen molar-refractivity contribution in [2.75, 3.05) is 0 Å². The topological polar surface area (TPSA) is 20.2 Å². The van der Waals surface area contributed by atoms with Crippen molar-refractivity contribution in [2.45, 2.75) is 46.1 Å². The Bertz CT molecular complexity index is 336. The first-order chi connectivity index (χ1) is 7.54. The Labute approximate surface area is 97.3 Å². The number of halogens is 1. The van der Waals surface area contributed by atoms with Gasteiger partial charge in [-0.15, -0.1) is 0 Å². The van der Waals surface area contributed by atoms with Gasteiger partial charge in [0.25, 0.3) is 0 Å². The quantitative estimate of drug-likeness (QED) is 0.801. The fraction of sp³-hybridized carbons (Fsp3) is 0.571. The highest BCUT2D eigenvalue weighted by Gasteiger charge is 2.12. The van der Waals surface area contributed by atoms with Crippen LogP contribution < -0.4 is 0 Å². The summed E-state index contributed by atoms with van der Waals surface area (Å²) in [5, 5.41) is 10.0. The Hall–Kier alpha value is -0.890. The highest BCUT2D eigenvalue weighted by atomic mass is 19.1. The molecule has 1 aromatic carbocycles. The lowest BCUT2D eigenvalue weighted by Gasteiger charge is -2.16. The highest BCUT2D eigenvalue weighted by molar-refractivity contribution is 5.25. The zero-order chi connectivity index (χ0) is 12.1. The molecule has 1 rings (SSSR count). The number of aliphatic hydroxyl groups is 1. The highest BCUT2D eigenvalue weighted by Crippen LogP contribution is 2.24. The molecular formula is C14H21FO. The number of aliphatic hydroxyl groups excluding tert-OH is 1. The fourth-order valence-corrected chi connectivity index (χ4v) is 2.00. The van der Waals surface area contributed by atoms with Crippen molar-refractivity contribution in [1.29, 1.82) is 0 Å². The van der Waals surface area contributed by atoms with Crippen molar-refractivity contribution in [2.24, 2.45) is 5.92 Å². The SMILES string of the molecule is CCCC(C)CC(O)c1ccc(F)c(C)c1. The maximum Gasteiger partial charge on any atom is 0.126 e. The molecule has 2 atom stereocenters. The summed E-state index contributed by atoms with van der Waals surface area (Å²) >= 11 is 0. The van der Waals surface area contributed by atoms with E-state index in [9.17, 15) is 9.50 Å². The first-order valence-electron chi connectivity index (χ1n) is 5.98. The van der Waals surface area contributed by atoms with Gasteiger partial charge in [-0.1, -0.05) is 38.8 Å². The van der Waals surface area contributed by atoms with E-state index >= 15 is 0 Å². The molecule has 0 heterocycles. The van der Waals surface area contributed by atoms with Gasteiger partial charge in [-0.05, 0) is 36.5 Å². The Morgan fingerprint density at radius 2 is 2.06 bits per heavy atom. The summed E-state index contributed by atoms with van der Waals surface area (Å²) in [7, 11) is 0. The molecule has 1 nitrogen and oxygen atoms in total. The monoisotopic (exact) mass is 224 g/mol. The molecule has 0 radical (unpaired) electrons. The average Bonchev–Trinajstić information content (AvgIpc) is 2.22. The van der Waals surface area contributed by atoms with E-state index in [1.54, 1.807) is 19.1 Å². The number of aryl methyl sites for hydroxylation is 1. The summed E-state index contributed by atoms with van der Waals surface area (Å²) in [6.07, 6.45) is 2.53. The van der Waals surface area contributed by atoms with Crippen LogP contribution in [-0.2, 0) is 0 Å². The van der Waals surface area contributed by atoms with Crippen LogP contribution in [0.3, 0.4) is 0 Å². The van der Waals surface area contributed by atoms with Crippen molar-refractivity contribution in [1.82, 2.24) is 0 Å². The lowest BCUT2D eigenvalue weighted by atomic mass is 9.94. The molecule has 16 heavy (non-hydrogen) atoms. The van der Waals surface area contributed by atoms with Crippen molar-refractivity contribution in [3.63, 3.8) is 0 Å². The van der Waals surface area contributed by atoms with Crippen molar-refractivity contribution < 1.29 is 9.50 Å². The number of hydrogen-bond acceptors (Lipinski definition) is 1. The van der Waals surface area contributed by atoms with Gasteiger partial charge in [0, 0.05) is 0 Å². The zero-order valence-corrected chi connectivity index (χ0v) is 10.3. The molecular weight excluding hydrogens is 203 g/mol. The second-order valence-corrected chi connectivity index (χ2v) is 4.65. The molecule has 2 heteroatoms. The van der Waals surface area contributed by atoms with Crippen LogP contribution in [-0.4, -0.2) is 5.11 Å². The maximum atomic E-state index is 13.1. The summed E-state index contributed by atoms with van der Waals surface area (Å²) in [5.74, 6) is 0.294. The van der Waals surface area contributed by atoms with E-state index in [4.69, 9.17) is 0 Å². The van der Waals surface area contributed by atoms with Gasteiger partial charge in [-0.25, -0.2) is 4.39 Å². The predicted octanol–water partition coefficient (Wildman–Crippen LogP) is 3.99. The first kappa shape index (κ1) is 13.2. The normalized spacial score (nSPS) is 14.8. The third-order valence-electron chi connectivity index (χ3n) is 2.97. The smallest absolute Gasteiger partial charge is 0.126 e. The molecule has 0 bridgehead atoms. The van der Waals surface area contributed by atoms with Crippen molar-refractivity contribution in [3.8, 4) is 0 Å². The molecule has 0 aromatic heterocycles. The summed E-state index contributed by atoms with van der Waals surface area (Å²) in [6.45, 7) is 6.01. The summed E-state index contributed by atoms with van der Waals surface area (Å²) in [6, 6.07) is 4.84. The number of hydrogen-bond donors (Lipinski definition) is 1. The fourth-order valence-electron chi connectivity index (χ4n) is 2.00. The number of rotatable bonds is 5. The molecule has 0 amide bonds. The predicted molar refractivity (Wildman–Crippen MR) is 64.8 cm³/mol. The van der Waals surface area contributed by atoms with E-state index in [2.05, 4.69) is 13.8 Å². The number of benzene rings is 1. The van der Waals surface area contributed by atoms with Crippen LogP contribution >= 0.6 is 0 Å². The summed E-state index contributed by atoms with van der Waals surface area (Å²) in [4.78, 5) is 0. The third kappa shape index (κ3) is 3.60. The molecule has 2 unspecified atom stereocenters. The van der Waals surface area contributed by atoms with E-state index in [1.807, 2.05) is 0 Å². The Morgan fingerprint density at radius 1 is 1.38 bits per heavy atom. The second-order valence-electron chi connectivity index (χ2n) is 4.65. The summed E-state index contributed by atoms with van der Waals surface area (Å²) in [5.41, 5.74) is 1.42. The minimum absolute atomic E-state index is 0.211. The van der Waals surface area contributed by atoms with E-state index in [-0.39, 0.29) is 5.82 Å². The van der Waals surface area contributed by atoms with E-state index in [1.165, 1.54) is 6.07 Å². The lowest BCUT2D eigenvalue weighted by molar-refractivity contribution is 0.145. The van der Waals surface area contributed by atoms with Crippen LogP contribution in [0.1, 0.15) is 50.3 Å². The Kier molecular flexibility index (Phi) is 4.94. The van der Waals surface area contributed by atoms with Gasteiger partial charge < -0.3 is 5.11 Å². The standard InChI is InChI=1S/C14H21FO/c1-4-5-10(2)8-14(16)12-6-7-13(15)11(3)9-12/h6-7,9-10,14,16H,4-5,8H2,1-3H3. The van der Waals surface area contributed by atoms with E-state index in [0.29, 0.717) is 11.5 Å². The first-order valence-corrected chi connectivity index (χ1v) is 5.98. The third-order valence-corrected chi connectivity index (χ3v) is 2.97. The molecule has 0 aliphatic rings. The van der Waals surface area contributed by atoms with Gasteiger partial charge in [-0.3, -0.25) is 0 Å². The molecule has 0 saturated heterocycles. The maximum absolute atomic E-state index is 13.1. The Morgan fingerprint density at radius 3 is 2.62 bits per heavy atom. The van der Waals surface area contributed by atoms with Gasteiger partial charge in [0.05, 0.1) is 6.10 Å². The second kappa shape index (κ2) is 6.00. The van der Waals surface area contributed by atoms with E-state index < -0.39 is 6.10 Å². The zero-order valence-electron chi connectivity index (χ0n) is 10.3. The van der Waals surface area contributed by atoms with Gasteiger partial charge in [0.1, 0.15) is 5.82 Å². The summed E-state index contributed by atoms with van der Waals surface area (Å²) < 4.78 is 13.1. The van der Waals surface area contributed by atoms with Gasteiger partial charge in [0.15, 0.2) is 0 Å². The molecule has 1 aromatic rings.